The molecule has 1 aromatic heterocycles. The lowest BCUT2D eigenvalue weighted by molar-refractivity contribution is 0.646. The molecular formula is C9H14ClNS. The summed E-state index contributed by atoms with van der Waals surface area (Å²) in [6, 6.07) is 4.02. The van der Waals surface area contributed by atoms with Gasteiger partial charge < -0.3 is 5.32 Å². The summed E-state index contributed by atoms with van der Waals surface area (Å²) >= 11 is 7.44. The molecule has 0 saturated heterocycles. The van der Waals surface area contributed by atoms with Gasteiger partial charge in [-0.2, -0.15) is 0 Å². The number of hydrogen-bond donors (Lipinski definition) is 1. The number of thiophene rings is 1. The van der Waals surface area contributed by atoms with Gasteiger partial charge in [-0.1, -0.05) is 24.9 Å². The molecule has 0 unspecified atom stereocenters. The van der Waals surface area contributed by atoms with Crippen molar-refractivity contribution in [3.8, 4) is 0 Å². The summed E-state index contributed by atoms with van der Waals surface area (Å²) in [6.45, 7) is 4.26. The van der Waals surface area contributed by atoms with Crippen LogP contribution < -0.4 is 5.32 Å². The average Bonchev–Trinajstić information content (AvgIpc) is 2.45. The molecule has 0 amide bonds. The fourth-order valence-corrected chi connectivity index (χ4v) is 2.02. The minimum atomic E-state index is 0.877. The highest BCUT2D eigenvalue weighted by molar-refractivity contribution is 7.16. The molecule has 0 aromatic carbocycles. The Morgan fingerprint density at radius 2 is 2.33 bits per heavy atom. The van der Waals surface area contributed by atoms with Crippen molar-refractivity contribution in [1.82, 2.24) is 5.32 Å². The van der Waals surface area contributed by atoms with E-state index in [1.165, 1.54) is 17.7 Å². The molecule has 1 nitrogen and oxygen atoms in total. The number of rotatable bonds is 5. The highest BCUT2D eigenvalue weighted by Crippen LogP contribution is 2.20. The van der Waals surface area contributed by atoms with Crippen LogP contribution in [-0.4, -0.2) is 6.54 Å². The number of nitrogens with one attached hydrogen (secondary N) is 1. The lowest BCUT2D eigenvalue weighted by atomic mass is 10.3. The van der Waals surface area contributed by atoms with Crippen LogP contribution in [0.2, 0.25) is 4.34 Å². The molecule has 0 aliphatic rings. The largest absolute Gasteiger partial charge is 0.312 e. The maximum absolute atomic E-state index is 5.79. The first-order valence-corrected chi connectivity index (χ1v) is 5.47. The van der Waals surface area contributed by atoms with Gasteiger partial charge in [-0.3, -0.25) is 0 Å². The van der Waals surface area contributed by atoms with Crippen LogP contribution >= 0.6 is 22.9 Å². The number of hydrogen-bond acceptors (Lipinski definition) is 2. The van der Waals surface area contributed by atoms with Crippen LogP contribution in [0.5, 0.6) is 0 Å². The van der Waals surface area contributed by atoms with E-state index in [2.05, 4.69) is 18.3 Å². The molecule has 0 fully saturated rings. The fourth-order valence-electron chi connectivity index (χ4n) is 0.960. The van der Waals surface area contributed by atoms with E-state index in [0.717, 1.165) is 17.4 Å². The SMILES string of the molecule is CCCCNCc1ccc(Cl)s1. The van der Waals surface area contributed by atoms with Gasteiger partial charge in [-0.05, 0) is 25.1 Å². The van der Waals surface area contributed by atoms with Gasteiger partial charge in [0.1, 0.15) is 0 Å². The Morgan fingerprint density at radius 3 is 2.92 bits per heavy atom. The second-order valence-corrected chi connectivity index (χ2v) is 4.54. The van der Waals surface area contributed by atoms with Crippen molar-refractivity contribution in [3.63, 3.8) is 0 Å². The van der Waals surface area contributed by atoms with Crippen molar-refractivity contribution in [2.24, 2.45) is 0 Å². The van der Waals surface area contributed by atoms with E-state index >= 15 is 0 Å². The molecule has 0 atom stereocenters. The maximum Gasteiger partial charge on any atom is 0.0931 e. The first-order valence-electron chi connectivity index (χ1n) is 4.28. The summed E-state index contributed by atoms with van der Waals surface area (Å²) in [5.41, 5.74) is 0. The third-order valence-electron chi connectivity index (χ3n) is 1.64. The summed E-state index contributed by atoms with van der Waals surface area (Å²) in [5, 5.41) is 3.37. The Hall–Kier alpha value is -0.0500. The Labute approximate surface area is 82.7 Å². The summed E-state index contributed by atoms with van der Waals surface area (Å²) in [7, 11) is 0. The second kappa shape index (κ2) is 5.57. The molecule has 0 bridgehead atoms. The highest BCUT2D eigenvalue weighted by atomic mass is 35.5. The van der Waals surface area contributed by atoms with Crippen LogP contribution in [0, 0.1) is 0 Å². The van der Waals surface area contributed by atoms with Crippen LogP contribution in [0.1, 0.15) is 24.6 Å². The van der Waals surface area contributed by atoms with Crippen molar-refractivity contribution in [3.05, 3.63) is 21.3 Å². The zero-order valence-corrected chi connectivity index (χ0v) is 8.84. The molecular weight excluding hydrogens is 190 g/mol. The van der Waals surface area contributed by atoms with E-state index in [1.54, 1.807) is 11.3 Å². The van der Waals surface area contributed by atoms with E-state index in [-0.39, 0.29) is 0 Å². The average molecular weight is 204 g/mol. The zero-order chi connectivity index (χ0) is 8.81. The van der Waals surface area contributed by atoms with Gasteiger partial charge in [0.05, 0.1) is 4.34 Å². The van der Waals surface area contributed by atoms with Gasteiger partial charge in [0.2, 0.25) is 0 Å². The Kier molecular flexibility index (Phi) is 4.66. The van der Waals surface area contributed by atoms with Gasteiger partial charge in [-0.25, -0.2) is 0 Å². The highest BCUT2D eigenvalue weighted by Gasteiger charge is 1.95. The van der Waals surface area contributed by atoms with Crippen LogP contribution in [0.25, 0.3) is 0 Å². The Morgan fingerprint density at radius 1 is 1.50 bits per heavy atom. The molecule has 1 heterocycles. The van der Waals surface area contributed by atoms with E-state index in [4.69, 9.17) is 11.6 Å². The molecule has 0 radical (unpaired) electrons. The van der Waals surface area contributed by atoms with E-state index in [1.807, 2.05) is 6.07 Å². The lowest BCUT2D eigenvalue weighted by Crippen LogP contribution is -2.13. The first-order chi connectivity index (χ1) is 5.83. The molecule has 3 heteroatoms. The first kappa shape index (κ1) is 10.0. The molecule has 0 aliphatic heterocycles. The van der Waals surface area contributed by atoms with Gasteiger partial charge in [0.25, 0.3) is 0 Å². The van der Waals surface area contributed by atoms with Crippen molar-refractivity contribution >= 4 is 22.9 Å². The molecule has 0 spiro atoms. The monoisotopic (exact) mass is 203 g/mol. The Bertz CT molecular complexity index is 222. The van der Waals surface area contributed by atoms with E-state index < -0.39 is 0 Å². The predicted molar refractivity (Wildman–Crippen MR) is 55.9 cm³/mol. The summed E-state index contributed by atoms with van der Waals surface area (Å²) < 4.78 is 0.877. The third kappa shape index (κ3) is 3.57. The van der Waals surface area contributed by atoms with Gasteiger partial charge in [0.15, 0.2) is 0 Å². The minimum Gasteiger partial charge on any atom is -0.312 e. The zero-order valence-electron chi connectivity index (χ0n) is 7.27. The molecule has 0 saturated carbocycles. The minimum absolute atomic E-state index is 0.877. The number of unbranched alkanes of at least 4 members (excludes halogenated alkanes) is 1. The quantitative estimate of drug-likeness (QED) is 0.725. The third-order valence-corrected chi connectivity index (χ3v) is 2.87. The predicted octanol–water partition coefficient (Wildman–Crippen LogP) is 3.29. The topological polar surface area (TPSA) is 12.0 Å². The van der Waals surface area contributed by atoms with Crippen LogP contribution in [-0.2, 0) is 6.54 Å². The normalized spacial score (nSPS) is 10.5. The van der Waals surface area contributed by atoms with E-state index in [9.17, 15) is 0 Å². The van der Waals surface area contributed by atoms with Gasteiger partial charge >= 0.3 is 0 Å². The lowest BCUT2D eigenvalue weighted by Gasteiger charge is -1.99. The van der Waals surface area contributed by atoms with Crippen molar-refractivity contribution in [1.29, 1.82) is 0 Å². The van der Waals surface area contributed by atoms with Crippen molar-refractivity contribution in [2.75, 3.05) is 6.54 Å². The molecule has 1 N–H and O–H groups in total. The molecule has 1 rings (SSSR count). The van der Waals surface area contributed by atoms with Crippen LogP contribution in [0.4, 0.5) is 0 Å². The summed E-state index contributed by atoms with van der Waals surface area (Å²) in [4.78, 5) is 1.32. The molecule has 0 aliphatic carbocycles. The van der Waals surface area contributed by atoms with Crippen molar-refractivity contribution < 1.29 is 0 Å². The smallest absolute Gasteiger partial charge is 0.0931 e. The molecule has 12 heavy (non-hydrogen) atoms. The van der Waals surface area contributed by atoms with E-state index in [0.29, 0.717) is 0 Å². The fraction of sp³-hybridized carbons (Fsp3) is 0.556. The van der Waals surface area contributed by atoms with Crippen molar-refractivity contribution in [2.45, 2.75) is 26.3 Å². The Balaban J connectivity index is 2.15. The van der Waals surface area contributed by atoms with Gasteiger partial charge in [-0.15, -0.1) is 11.3 Å². The van der Waals surface area contributed by atoms with Crippen LogP contribution in [0.15, 0.2) is 12.1 Å². The summed E-state index contributed by atoms with van der Waals surface area (Å²) in [5.74, 6) is 0. The second-order valence-electron chi connectivity index (χ2n) is 2.74. The molecule has 1 aromatic rings. The summed E-state index contributed by atoms with van der Waals surface area (Å²) in [6.07, 6.45) is 2.50. The standard InChI is InChI=1S/C9H14ClNS/c1-2-3-6-11-7-8-4-5-9(10)12-8/h4-5,11H,2-3,6-7H2,1H3. The van der Waals surface area contributed by atoms with Crippen LogP contribution in [0.3, 0.4) is 0 Å². The van der Waals surface area contributed by atoms with Gasteiger partial charge in [0, 0.05) is 11.4 Å². The maximum atomic E-state index is 5.79. The molecule has 68 valence electrons. The number of halogens is 1.